The van der Waals surface area contributed by atoms with E-state index in [4.69, 9.17) is 9.47 Å². The maximum Gasteiger partial charge on any atom is 0.368 e. The molecule has 1 aromatic heterocycles. The van der Waals surface area contributed by atoms with E-state index in [9.17, 15) is 4.79 Å². The van der Waals surface area contributed by atoms with Gasteiger partial charge < -0.3 is 9.47 Å². The molecule has 0 saturated carbocycles. The Morgan fingerprint density at radius 2 is 1.76 bits per heavy atom. The molecule has 0 atom stereocenters. The van der Waals surface area contributed by atoms with Crippen molar-refractivity contribution in [2.45, 2.75) is 20.5 Å². The van der Waals surface area contributed by atoms with Crippen molar-refractivity contribution < 1.29 is 9.47 Å². The molecule has 130 valence electrons. The van der Waals surface area contributed by atoms with Gasteiger partial charge in [0.1, 0.15) is 18.1 Å². The van der Waals surface area contributed by atoms with Crippen LogP contribution in [0.2, 0.25) is 0 Å². The first-order chi connectivity index (χ1) is 12.1. The van der Waals surface area contributed by atoms with Gasteiger partial charge in [0.15, 0.2) is 0 Å². The highest BCUT2D eigenvalue weighted by Gasteiger charge is 2.16. The van der Waals surface area contributed by atoms with E-state index in [1.165, 1.54) is 9.36 Å². The van der Waals surface area contributed by atoms with Gasteiger partial charge in [0.2, 0.25) is 0 Å². The highest BCUT2D eigenvalue weighted by atomic mass is 16.5. The van der Waals surface area contributed by atoms with Crippen molar-refractivity contribution in [2.75, 3.05) is 6.61 Å². The molecule has 0 unspecified atom stereocenters. The molecular formula is C18H20N4O3. The Bertz CT molecular complexity index is 930. The number of rotatable bonds is 6. The molecule has 0 radical (unpaired) electrons. The molecule has 0 N–H and O–H groups in total. The summed E-state index contributed by atoms with van der Waals surface area (Å²) in [4.78, 5) is 12.2. The molecule has 0 aliphatic heterocycles. The molecule has 3 rings (SSSR count). The van der Waals surface area contributed by atoms with Crippen LogP contribution in [-0.2, 0) is 13.7 Å². The van der Waals surface area contributed by atoms with Crippen LogP contribution in [0.5, 0.6) is 11.5 Å². The zero-order chi connectivity index (χ0) is 17.8. The van der Waals surface area contributed by atoms with E-state index in [1.807, 2.05) is 50.2 Å². The number of aromatic nitrogens is 4. The molecule has 0 saturated heterocycles. The number of ether oxygens (including phenoxy) is 2. The zero-order valence-electron chi connectivity index (χ0n) is 14.5. The third-order valence-corrected chi connectivity index (χ3v) is 3.82. The molecule has 25 heavy (non-hydrogen) atoms. The van der Waals surface area contributed by atoms with Gasteiger partial charge in [0, 0.05) is 7.05 Å². The van der Waals surface area contributed by atoms with Gasteiger partial charge in [-0.15, -0.1) is 0 Å². The SMILES string of the molecule is CCOc1cccc(-n2nnn(C)c2=O)c1COc1ccccc1C. The Kier molecular flexibility index (Phi) is 4.83. The topological polar surface area (TPSA) is 71.2 Å². The monoisotopic (exact) mass is 340 g/mol. The molecule has 0 spiro atoms. The second kappa shape index (κ2) is 7.21. The number of hydrogen-bond donors (Lipinski definition) is 0. The van der Waals surface area contributed by atoms with Crippen LogP contribution < -0.4 is 15.2 Å². The lowest BCUT2D eigenvalue weighted by atomic mass is 10.1. The average molecular weight is 340 g/mol. The van der Waals surface area contributed by atoms with Gasteiger partial charge in [-0.25, -0.2) is 4.79 Å². The molecule has 0 amide bonds. The van der Waals surface area contributed by atoms with Crippen LogP contribution in [0.25, 0.3) is 5.69 Å². The molecule has 1 heterocycles. The summed E-state index contributed by atoms with van der Waals surface area (Å²) in [6.07, 6.45) is 0. The lowest BCUT2D eigenvalue weighted by molar-refractivity contribution is 0.284. The molecule has 3 aromatic rings. The minimum absolute atomic E-state index is 0.249. The first-order valence-corrected chi connectivity index (χ1v) is 8.04. The Hall–Kier alpha value is -3.09. The summed E-state index contributed by atoms with van der Waals surface area (Å²) in [6, 6.07) is 13.2. The number of aryl methyl sites for hydroxylation is 2. The van der Waals surface area contributed by atoms with Crippen molar-refractivity contribution in [2.24, 2.45) is 7.05 Å². The summed E-state index contributed by atoms with van der Waals surface area (Å²) in [5.74, 6) is 1.44. The lowest BCUT2D eigenvalue weighted by Crippen LogP contribution is -2.23. The third kappa shape index (κ3) is 3.40. The Morgan fingerprint density at radius 1 is 1.00 bits per heavy atom. The number of hydrogen-bond acceptors (Lipinski definition) is 5. The maximum absolute atomic E-state index is 12.2. The molecule has 0 aliphatic rings. The molecule has 7 heteroatoms. The van der Waals surface area contributed by atoms with Crippen LogP contribution >= 0.6 is 0 Å². The predicted octanol–water partition coefficient (Wildman–Crippen LogP) is 2.25. The highest BCUT2D eigenvalue weighted by molar-refractivity contribution is 5.49. The van der Waals surface area contributed by atoms with Crippen LogP contribution in [0.15, 0.2) is 47.3 Å². The van der Waals surface area contributed by atoms with E-state index >= 15 is 0 Å². The largest absolute Gasteiger partial charge is 0.493 e. The minimum atomic E-state index is -0.328. The van der Waals surface area contributed by atoms with Crippen molar-refractivity contribution in [3.05, 3.63) is 64.1 Å². The van der Waals surface area contributed by atoms with Gasteiger partial charge in [-0.3, -0.25) is 0 Å². The van der Waals surface area contributed by atoms with Crippen LogP contribution in [0, 0.1) is 6.92 Å². The first-order valence-electron chi connectivity index (χ1n) is 8.04. The summed E-state index contributed by atoms with van der Waals surface area (Å²) in [5.41, 5.74) is 2.05. The van der Waals surface area contributed by atoms with Gasteiger partial charge in [-0.2, -0.15) is 9.36 Å². The van der Waals surface area contributed by atoms with Crippen LogP contribution in [-0.4, -0.2) is 26.4 Å². The van der Waals surface area contributed by atoms with Crippen molar-refractivity contribution >= 4 is 0 Å². The van der Waals surface area contributed by atoms with Crippen molar-refractivity contribution in [3.8, 4) is 17.2 Å². The van der Waals surface area contributed by atoms with E-state index in [0.29, 0.717) is 18.0 Å². The summed E-state index contributed by atoms with van der Waals surface area (Å²) in [6.45, 7) is 4.65. The lowest BCUT2D eigenvalue weighted by Gasteiger charge is -2.15. The predicted molar refractivity (Wildman–Crippen MR) is 93.3 cm³/mol. The average Bonchev–Trinajstić information content (AvgIpc) is 2.94. The van der Waals surface area contributed by atoms with Crippen LogP contribution in [0.4, 0.5) is 0 Å². The number of para-hydroxylation sites is 1. The number of nitrogens with zero attached hydrogens (tertiary/aromatic N) is 4. The molecule has 0 fully saturated rings. The van der Waals surface area contributed by atoms with E-state index in [0.717, 1.165) is 16.9 Å². The molecular weight excluding hydrogens is 320 g/mol. The Morgan fingerprint density at radius 3 is 2.44 bits per heavy atom. The zero-order valence-corrected chi connectivity index (χ0v) is 14.5. The second-order valence-corrected chi connectivity index (χ2v) is 5.54. The van der Waals surface area contributed by atoms with Crippen molar-refractivity contribution in [1.29, 1.82) is 0 Å². The molecule has 7 nitrogen and oxygen atoms in total. The smallest absolute Gasteiger partial charge is 0.368 e. The molecule has 2 aromatic carbocycles. The van der Waals surface area contributed by atoms with Gasteiger partial charge in [-0.05, 0) is 48.0 Å². The van der Waals surface area contributed by atoms with Gasteiger partial charge in [-0.1, -0.05) is 24.3 Å². The minimum Gasteiger partial charge on any atom is -0.493 e. The number of tetrazole rings is 1. The van der Waals surface area contributed by atoms with Crippen LogP contribution in [0.1, 0.15) is 18.1 Å². The Balaban J connectivity index is 2.02. The third-order valence-electron chi connectivity index (χ3n) is 3.82. The fourth-order valence-corrected chi connectivity index (χ4v) is 2.52. The maximum atomic E-state index is 12.2. The molecule has 0 aliphatic carbocycles. The first kappa shape index (κ1) is 16.8. The van der Waals surface area contributed by atoms with Crippen molar-refractivity contribution in [1.82, 2.24) is 19.8 Å². The van der Waals surface area contributed by atoms with Crippen molar-refractivity contribution in [3.63, 3.8) is 0 Å². The summed E-state index contributed by atoms with van der Waals surface area (Å²) >= 11 is 0. The quantitative estimate of drug-likeness (QED) is 0.688. The fourth-order valence-electron chi connectivity index (χ4n) is 2.52. The van der Waals surface area contributed by atoms with Gasteiger partial charge in [0.05, 0.1) is 17.9 Å². The summed E-state index contributed by atoms with van der Waals surface area (Å²) in [7, 11) is 1.56. The second-order valence-electron chi connectivity index (χ2n) is 5.54. The normalized spacial score (nSPS) is 10.7. The van der Waals surface area contributed by atoms with Gasteiger partial charge >= 0.3 is 5.69 Å². The summed E-state index contributed by atoms with van der Waals surface area (Å²) in [5, 5.41) is 7.70. The van der Waals surface area contributed by atoms with E-state index < -0.39 is 0 Å². The van der Waals surface area contributed by atoms with E-state index in [-0.39, 0.29) is 12.3 Å². The van der Waals surface area contributed by atoms with E-state index in [2.05, 4.69) is 10.4 Å². The van der Waals surface area contributed by atoms with Gasteiger partial charge in [0.25, 0.3) is 0 Å². The Labute approximate surface area is 145 Å². The standard InChI is InChI=1S/C18H20N4O3/c1-4-24-17-11-7-9-15(22-18(23)21(3)19-20-22)14(17)12-25-16-10-6-5-8-13(16)2/h5-11H,4,12H2,1-3H3. The highest BCUT2D eigenvalue weighted by Crippen LogP contribution is 2.27. The number of benzene rings is 2. The molecule has 0 bridgehead atoms. The van der Waals surface area contributed by atoms with E-state index in [1.54, 1.807) is 13.1 Å². The fraction of sp³-hybridized carbons (Fsp3) is 0.278. The summed E-state index contributed by atoms with van der Waals surface area (Å²) < 4.78 is 14.1. The van der Waals surface area contributed by atoms with Crippen LogP contribution in [0.3, 0.4) is 0 Å².